The van der Waals surface area contributed by atoms with Crippen LogP contribution in [0.3, 0.4) is 0 Å². The van der Waals surface area contributed by atoms with Crippen molar-refractivity contribution in [1.82, 2.24) is 20.5 Å². The molecule has 0 aliphatic carbocycles. The van der Waals surface area contributed by atoms with Crippen LogP contribution in [0.4, 0.5) is 0 Å². The number of aromatic nitrogens is 3. The standard InChI is InChI=1S/C23H26N4O4/c1-4-13-31-19-11-5-16(14-20(19)30-3)6-12-22(28)24-15-21-25-23(27-26-21)17-7-9-18(29-2)10-8-17/h5-12,14H,4,13,15H2,1-3H3,(H,24,28)(H,25,26,27)/b12-6+. The molecule has 0 spiro atoms. The van der Waals surface area contributed by atoms with Crippen molar-refractivity contribution in [3.63, 3.8) is 0 Å². The van der Waals surface area contributed by atoms with Crippen LogP contribution >= 0.6 is 0 Å². The molecule has 8 nitrogen and oxygen atoms in total. The van der Waals surface area contributed by atoms with E-state index in [0.717, 1.165) is 23.3 Å². The molecule has 2 N–H and O–H groups in total. The number of amides is 1. The van der Waals surface area contributed by atoms with E-state index in [4.69, 9.17) is 14.2 Å². The maximum Gasteiger partial charge on any atom is 0.244 e. The molecule has 2 aromatic carbocycles. The van der Waals surface area contributed by atoms with Crippen molar-refractivity contribution in [3.8, 4) is 28.6 Å². The summed E-state index contributed by atoms with van der Waals surface area (Å²) < 4.78 is 16.1. The minimum atomic E-state index is -0.243. The highest BCUT2D eigenvalue weighted by molar-refractivity contribution is 5.91. The molecule has 3 aromatic rings. The summed E-state index contributed by atoms with van der Waals surface area (Å²) in [4.78, 5) is 16.6. The van der Waals surface area contributed by atoms with Crippen molar-refractivity contribution in [1.29, 1.82) is 0 Å². The van der Waals surface area contributed by atoms with Crippen LogP contribution in [0.1, 0.15) is 24.7 Å². The molecular weight excluding hydrogens is 396 g/mol. The predicted molar refractivity (Wildman–Crippen MR) is 118 cm³/mol. The molecule has 0 radical (unpaired) electrons. The number of hydrogen-bond acceptors (Lipinski definition) is 6. The van der Waals surface area contributed by atoms with Crippen molar-refractivity contribution >= 4 is 12.0 Å². The third kappa shape index (κ3) is 6.08. The number of aromatic amines is 1. The van der Waals surface area contributed by atoms with Crippen LogP contribution in [-0.4, -0.2) is 41.9 Å². The van der Waals surface area contributed by atoms with E-state index in [2.05, 4.69) is 20.5 Å². The lowest BCUT2D eigenvalue weighted by atomic mass is 10.2. The average Bonchev–Trinajstić information content (AvgIpc) is 3.29. The number of nitrogens with one attached hydrogen (secondary N) is 2. The number of rotatable bonds is 10. The van der Waals surface area contributed by atoms with Crippen molar-refractivity contribution in [2.45, 2.75) is 19.9 Å². The summed E-state index contributed by atoms with van der Waals surface area (Å²) in [5, 5.41) is 9.81. The second-order valence-corrected chi connectivity index (χ2v) is 6.64. The Hall–Kier alpha value is -3.81. The Morgan fingerprint density at radius 2 is 1.90 bits per heavy atom. The Balaban J connectivity index is 1.55. The first kappa shape index (κ1) is 21.9. The maximum atomic E-state index is 12.2. The Morgan fingerprint density at radius 1 is 1.10 bits per heavy atom. The molecule has 0 saturated heterocycles. The van der Waals surface area contributed by atoms with Gasteiger partial charge in [0.2, 0.25) is 5.91 Å². The summed E-state index contributed by atoms with van der Waals surface area (Å²) in [6.07, 6.45) is 4.09. The van der Waals surface area contributed by atoms with Gasteiger partial charge in [0, 0.05) is 11.6 Å². The number of benzene rings is 2. The molecule has 31 heavy (non-hydrogen) atoms. The molecule has 1 aromatic heterocycles. The summed E-state index contributed by atoms with van der Waals surface area (Å²) in [6, 6.07) is 13.0. The number of H-pyrrole nitrogens is 1. The van der Waals surface area contributed by atoms with Crippen LogP contribution in [0, 0.1) is 0 Å². The van der Waals surface area contributed by atoms with Gasteiger partial charge in [0.25, 0.3) is 0 Å². The third-order valence-electron chi connectivity index (χ3n) is 4.39. The highest BCUT2D eigenvalue weighted by atomic mass is 16.5. The highest BCUT2D eigenvalue weighted by Crippen LogP contribution is 2.28. The van der Waals surface area contributed by atoms with Gasteiger partial charge in [-0.05, 0) is 54.5 Å². The quantitative estimate of drug-likeness (QED) is 0.485. The smallest absolute Gasteiger partial charge is 0.244 e. The predicted octanol–water partition coefficient (Wildman–Crippen LogP) is 3.61. The summed E-state index contributed by atoms with van der Waals surface area (Å²) in [7, 11) is 3.20. The van der Waals surface area contributed by atoms with Crippen LogP contribution in [0.5, 0.6) is 17.2 Å². The molecule has 0 atom stereocenters. The van der Waals surface area contributed by atoms with Gasteiger partial charge in [-0.2, -0.15) is 5.10 Å². The Morgan fingerprint density at radius 3 is 2.61 bits per heavy atom. The Labute approximate surface area is 181 Å². The maximum absolute atomic E-state index is 12.2. The van der Waals surface area contributed by atoms with E-state index in [0.29, 0.717) is 29.8 Å². The molecule has 0 saturated carbocycles. The number of carbonyl (C=O) groups is 1. The van der Waals surface area contributed by atoms with E-state index < -0.39 is 0 Å². The van der Waals surface area contributed by atoms with Gasteiger partial charge in [0.15, 0.2) is 17.3 Å². The van der Waals surface area contributed by atoms with Gasteiger partial charge in [0.05, 0.1) is 27.4 Å². The first-order valence-corrected chi connectivity index (χ1v) is 9.95. The topological polar surface area (TPSA) is 98.4 Å². The van der Waals surface area contributed by atoms with Crippen LogP contribution in [0.25, 0.3) is 17.5 Å². The number of nitrogens with zero attached hydrogens (tertiary/aromatic N) is 2. The fourth-order valence-electron chi connectivity index (χ4n) is 2.76. The van der Waals surface area contributed by atoms with Crippen molar-refractivity contribution in [2.75, 3.05) is 20.8 Å². The highest BCUT2D eigenvalue weighted by Gasteiger charge is 2.08. The molecule has 162 valence electrons. The minimum Gasteiger partial charge on any atom is -0.497 e. The summed E-state index contributed by atoms with van der Waals surface area (Å²) in [5.41, 5.74) is 1.69. The minimum absolute atomic E-state index is 0.236. The monoisotopic (exact) mass is 422 g/mol. The molecule has 3 rings (SSSR count). The molecule has 1 amide bonds. The van der Waals surface area contributed by atoms with Gasteiger partial charge in [-0.15, -0.1) is 0 Å². The zero-order valence-corrected chi connectivity index (χ0v) is 17.8. The summed E-state index contributed by atoms with van der Waals surface area (Å²) in [5.74, 6) is 2.95. The normalized spacial score (nSPS) is 10.8. The lowest BCUT2D eigenvalue weighted by Gasteiger charge is -2.10. The zero-order valence-electron chi connectivity index (χ0n) is 17.8. The van der Waals surface area contributed by atoms with E-state index in [9.17, 15) is 4.79 Å². The zero-order chi connectivity index (χ0) is 22.1. The van der Waals surface area contributed by atoms with Gasteiger partial charge < -0.3 is 19.5 Å². The van der Waals surface area contributed by atoms with E-state index in [1.807, 2.05) is 49.4 Å². The van der Waals surface area contributed by atoms with Crippen LogP contribution in [-0.2, 0) is 11.3 Å². The van der Waals surface area contributed by atoms with Crippen LogP contribution in [0.2, 0.25) is 0 Å². The molecule has 1 heterocycles. The first-order valence-electron chi connectivity index (χ1n) is 9.95. The van der Waals surface area contributed by atoms with Crippen molar-refractivity contribution < 1.29 is 19.0 Å². The van der Waals surface area contributed by atoms with E-state index >= 15 is 0 Å². The van der Waals surface area contributed by atoms with Gasteiger partial charge >= 0.3 is 0 Å². The SMILES string of the molecule is CCCOc1ccc(/C=C/C(=O)NCc2nc(-c3ccc(OC)cc3)n[nH]2)cc1OC. The summed E-state index contributed by atoms with van der Waals surface area (Å²) >= 11 is 0. The largest absolute Gasteiger partial charge is 0.497 e. The Kier molecular flexibility index (Phi) is 7.64. The number of hydrogen-bond donors (Lipinski definition) is 2. The first-order chi connectivity index (χ1) is 15.1. The molecule has 0 unspecified atom stereocenters. The summed E-state index contributed by atoms with van der Waals surface area (Å²) in [6.45, 7) is 2.90. The fourth-order valence-corrected chi connectivity index (χ4v) is 2.76. The van der Waals surface area contributed by atoms with Crippen molar-refractivity contribution in [2.24, 2.45) is 0 Å². The van der Waals surface area contributed by atoms with Crippen LogP contribution in [0.15, 0.2) is 48.5 Å². The lowest BCUT2D eigenvalue weighted by molar-refractivity contribution is -0.116. The number of carbonyl (C=O) groups excluding carboxylic acids is 1. The number of methoxy groups -OCH3 is 2. The third-order valence-corrected chi connectivity index (χ3v) is 4.39. The van der Waals surface area contributed by atoms with E-state index in [1.165, 1.54) is 6.08 Å². The van der Waals surface area contributed by atoms with Gasteiger partial charge in [-0.3, -0.25) is 9.89 Å². The molecular formula is C23H26N4O4. The molecule has 8 heteroatoms. The molecule has 0 bridgehead atoms. The van der Waals surface area contributed by atoms with Gasteiger partial charge in [0.1, 0.15) is 11.6 Å². The van der Waals surface area contributed by atoms with Crippen molar-refractivity contribution in [3.05, 3.63) is 59.9 Å². The second kappa shape index (κ2) is 10.8. The number of ether oxygens (including phenoxy) is 3. The molecule has 0 aliphatic heterocycles. The van der Waals surface area contributed by atoms with E-state index in [1.54, 1.807) is 20.3 Å². The molecule has 0 aliphatic rings. The van der Waals surface area contributed by atoms with Crippen LogP contribution < -0.4 is 19.5 Å². The van der Waals surface area contributed by atoms with E-state index in [-0.39, 0.29) is 12.5 Å². The average molecular weight is 422 g/mol. The molecule has 0 fully saturated rings. The Bertz CT molecular complexity index is 1030. The second-order valence-electron chi connectivity index (χ2n) is 6.64. The lowest BCUT2D eigenvalue weighted by Crippen LogP contribution is -2.20. The fraction of sp³-hybridized carbons (Fsp3) is 0.261. The van der Waals surface area contributed by atoms with Gasteiger partial charge in [-0.1, -0.05) is 13.0 Å². The van der Waals surface area contributed by atoms with Gasteiger partial charge in [-0.25, -0.2) is 4.98 Å².